The van der Waals surface area contributed by atoms with Gasteiger partial charge in [0.1, 0.15) is 5.54 Å². The van der Waals surface area contributed by atoms with Gasteiger partial charge in [0, 0.05) is 19.1 Å². The number of aromatic nitrogens is 2. The topological polar surface area (TPSA) is 85.4 Å². The minimum atomic E-state index is -3.26. The first-order chi connectivity index (χ1) is 14.3. The number of fused-ring (bicyclic) bond motifs is 1. The van der Waals surface area contributed by atoms with E-state index in [0.717, 1.165) is 37.2 Å². The SMILES string of the molecule is [C-]#[N+]CC1(n2nc(Cc3ccc(S(C)(=O)=O)cc3)c3c2C=CCC3=O)CCNCC1. The van der Waals surface area contributed by atoms with Crippen LogP contribution in [-0.2, 0) is 21.8 Å². The number of nitrogens with zero attached hydrogens (tertiary/aromatic N) is 3. The van der Waals surface area contributed by atoms with Crippen molar-refractivity contribution in [1.82, 2.24) is 15.1 Å². The van der Waals surface area contributed by atoms with E-state index in [1.54, 1.807) is 24.3 Å². The highest BCUT2D eigenvalue weighted by Gasteiger charge is 2.41. The van der Waals surface area contributed by atoms with E-state index >= 15 is 0 Å². The molecule has 1 aliphatic heterocycles. The number of hydrogen-bond donors (Lipinski definition) is 1. The van der Waals surface area contributed by atoms with E-state index in [4.69, 9.17) is 11.7 Å². The summed E-state index contributed by atoms with van der Waals surface area (Å²) >= 11 is 0. The maximum Gasteiger partial charge on any atom is 0.239 e. The molecule has 4 rings (SSSR count). The quantitative estimate of drug-likeness (QED) is 0.746. The predicted octanol–water partition coefficient (Wildman–Crippen LogP) is 2.47. The zero-order chi connectivity index (χ0) is 21.4. The normalized spacial score (nSPS) is 18.1. The molecule has 8 heteroatoms. The highest BCUT2D eigenvalue weighted by Crippen LogP contribution is 2.34. The van der Waals surface area contributed by atoms with Crippen molar-refractivity contribution in [2.75, 3.05) is 25.9 Å². The average molecular weight is 425 g/mol. The fourth-order valence-electron chi connectivity index (χ4n) is 4.33. The van der Waals surface area contributed by atoms with E-state index in [1.165, 1.54) is 6.26 Å². The zero-order valence-electron chi connectivity index (χ0n) is 16.9. The maximum absolute atomic E-state index is 12.8. The van der Waals surface area contributed by atoms with Gasteiger partial charge in [0.25, 0.3) is 0 Å². The molecule has 1 aromatic heterocycles. The number of nitrogens with one attached hydrogen (secondary N) is 1. The number of Topliss-reactive ketones (excluding diaryl/α,β-unsaturated/α-hetero) is 1. The summed E-state index contributed by atoms with van der Waals surface area (Å²) in [6.45, 7) is 9.43. The first-order valence-corrected chi connectivity index (χ1v) is 11.9. The lowest BCUT2D eigenvalue weighted by Gasteiger charge is -2.34. The summed E-state index contributed by atoms with van der Waals surface area (Å²) in [7, 11) is -3.26. The number of ketones is 1. The van der Waals surface area contributed by atoms with Crippen LogP contribution in [0.4, 0.5) is 0 Å². The highest BCUT2D eigenvalue weighted by atomic mass is 32.2. The molecule has 2 heterocycles. The summed E-state index contributed by atoms with van der Waals surface area (Å²) in [6, 6.07) is 6.71. The van der Waals surface area contributed by atoms with Crippen LogP contribution in [-0.4, -0.2) is 49.9 Å². The van der Waals surface area contributed by atoms with Crippen LogP contribution in [0.1, 0.15) is 46.6 Å². The molecular formula is C22H24N4O3S. The Morgan fingerprint density at radius 3 is 2.57 bits per heavy atom. The first kappa shape index (κ1) is 20.5. The van der Waals surface area contributed by atoms with Crippen molar-refractivity contribution >= 4 is 21.7 Å². The van der Waals surface area contributed by atoms with Crippen LogP contribution in [0.25, 0.3) is 10.9 Å². The average Bonchev–Trinajstić information content (AvgIpc) is 3.09. The smallest absolute Gasteiger partial charge is 0.239 e. The Morgan fingerprint density at radius 1 is 1.23 bits per heavy atom. The first-order valence-electron chi connectivity index (χ1n) is 9.99. The fourth-order valence-corrected chi connectivity index (χ4v) is 4.96. The Balaban J connectivity index is 1.77. The molecular weight excluding hydrogens is 400 g/mol. The lowest BCUT2D eigenvalue weighted by atomic mass is 9.87. The van der Waals surface area contributed by atoms with E-state index in [9.17, 15) is 13.2 Å². The summed E-state index contributed by atoms with van der Waals surface area (Å²) in [5.41, 5.74) is 2.58. The monoisotopic (exact) mass is 424 g/mol. The second-order valence-corrected chi connectivity index (χ2v) is 10.0. The van der Waals surface area contributed by atoms with Crippen molar-refractivity contribution in [3.8, 4) is 0 Å². The molecule has 2 aliphatic rings. The number of benzene rings is 1. The molecule has 2 aromatic rings. The molecule has 1 fully saturated rings. The number of hydrogen-bond acceptors (Lipinski definition) is 5. The number of piperidine rings is 1. The molecule has 30 heavy (non-hydrogen) atoms. The van der Waals surface area contributed by atoms with Gasteiger partial charge in [0.15, 0.2) is 15.6 Å². The van der Waals surface area contributed by atoms with Crippen molar-refractivity contribution < 1.29 is 13.2 Å². The Labute approximate surface area is 176 Å². The van der Waals surface area contributed by atoms with Gasteiger partial charge in [-0.1, -0.05) is 18.2 Å². The summed E-state index contributed by atoms with van der Waals surface area (Å²) in [6.07, 6.45) is 7.35. The van der Waals surface area contributed by atoms with Crippen molar-refractivity contribution in [2.45, 2.75) is 36.1 Å². The standard InChI is InChI=1S/C22H24N4O3S/c1-23-15-22(10-12-24-13-11-22)26-19-4-3-5-20(27)21(19)18(25-26)14-16-6-8-17(9-7-16)30(2,28)29/h3-4,6-9,24H,5,10-15H2,2H3. The van der Waals surface area contributed by atoms with Crippen LogP contribution in [0.5, 0.6) is 0 Å². The van der Waals surface area contributed by atoms with Gasteiger partial charge in [-0.25, -0.2) is 15.0 Å². The molecule has 1 N–H and O–H groups in total. The molecule has 0 spiro atoms. The third-order valence-electron chi connectivity index (χ3n) is 5.93. The van der Waals surface area contributed by atoms with E-state index < -0.39 is 15.4 Å². The number of carbonyl (C=O) groups excluding carboxylic acids is 1. The van der Waals surface area contributed by atoms with Crippen molar-refractivity contribution in [3.63, 3.8) is 0 Å². The fraction of sp³-hybridized carbons (Fsp3) is 0.409. The minimum absolute atomic E-state index is 0.0356. The Hall–Kier alpha value is -2.76. The third-order valence-corrected chi connectivity index (χ3v) is 7.06. The van der Waals surface area contributed by atoms with E-state index in [2.05, 4.69) is 10.2 Å². The summed E-state index contributed by atoms with van der Waals surface area (Å²) in [5.74, 6) is 0.0356. The van der Waals surface area contributed by atoms with Crippen LogP contribution < -0.4 is 5.32 Å². The molecule has 0 saturated carbocycles. The maximum atomic E-state index is 12.8. The number of carbonyl (C=O) groups is 1. The van der Waals surface area contributed by atoms with Crippen LogP contribution in [0, 0.1) is 6.57 Å². The second kappa shape index (κ2) is 7.82. The Bertz CT molecular complexity index is 1150. The lowest BCUT2D eigenvalue weighted by molar-refractivity contribution is 0.0993. The van der Waals surface area contributed by atoms with Crippen LogP contribution in [0.3, 0.4) is 0 Å². The number of allylic oxidation sites excluding steroid dienone is 1. The molecule has 0 atom stereocenters. The molecule has 1 aliphatic carbocycles. The largest absolute Gasteiger partial charge is 0.317 e. The van der Waals surface area contributed by atoms with E-state index in [-0.39, 0.29) is 10.7 Å². The number of sulfone groups is 1. The molecule has 156 valence electrons. The summed E-state index contributed by atoms with van der Waals surface area (Å²) in [5, 5.41) is 8.22. The number of rotatable bonds is 5. The molecule has 1 saturated heterocycles. The molecule has 1 aromatic carbocycles. The molecule has 7 nitrogen and oxygen atoms in total. The van der Waals surface area contributed by atoms with Gasteiger partial charge in [-0.2, -0.15) is 5.10 Å². The van der Waals surface area contributed by atoms with E-state index in [0.29, 0.717) is 30.6 Å². The van der Waals surface area contributed by atoms with Gasteiger partial charge in [-0.05, 0) is 49.7 Å². The summed E-state index contributed by atoms with van der Waals surface area (Å²) < 4.78 is 25.4. The van der Waals surface area contributed by atoms with Crippen LogP contribution in [0.15, 0.2) is 35.2 Å². The molecule has 0 radical (unpaired) electrons. The van der Waals surface area contributed by atoms with Crippen molar-refractivity contribution in [3.05, 3.63) is 64.3 Å². The van der Waals surface area contributed by atoms with E-state index in [1.807, 2.05) is 16.8 Å². The van der Waals surface area contributed by atoms with Crippen LogP contribution in [0.2, 0.25) is 0 Å². The van der Waals surface area contributed by atoms with Gasteiger partial charge in [-0.15, -0.1) is 0 Å². The predicted molar refractivity (Wildman–Crippen MR) is 114 cm³/mol. The molecule has 0 bridgehead atoms. The summed E-state index contributed by atoms with van der Waals surface area (Å²) in [4.78, 5) is 16.7. The molecule has 0 amide bonds. The lowest BCUT2D eigenvalue weighted by Crippen LogP contribution is -2.47. The Kier molecular flexibility index (Phi) is 5.35. The van der Waals surface area contributed by atoms with Gasteiger partial charge < -0.3 is 10.2 Å². The second-order valence-electron chi connectivity index (χ2n) is 8.03. The minimum Gasteiger partial charge on any atom is -0.317 e. The zero-order valence-corrected chi connectivity index (χ0v) is 17.7. The highest BCUT2D eigenvalue weighted by molar-refractivity contribution is 7.90. The van der Waals surface area contributed by atoms with Crippen molar-refractivity contribution in [2.24, 2.45) is 0 Å². The van der Waals surface area contributed by atoms with Gasteiger partial charge in [0.05, 0.1) is 21.8 Å². The third kappa shape index (κ3) is 3.71. The molecule has 0 unspecified atom stereocenters. The van der Waals surface area contributed by atoms with Gasteiger partial charge in [-0.3, -0.25) is 9.48 Å². The van der Waals surface area contributed by atoms with Crippen LogP contribution >= 0.6 is 0 Å². The Morgan fingerprint density at radius 2 is 1.93 bits per heavy atom. The van der Waals surface area contributed by atoms with Crippen molar-refractivity contribution in [1.29, 1.82) is 0 Å². The van der Waals surface area contributed by atoms with Gasteiger partial charge in [0.2, 0.25) is 6.54 Å². The van der Waals surface area contributed by atoms with Gasteiger partial charge >= 0.3 is 0 Å².